The van der Waals surface area contributed by atoms with Gasteiger partial charge in [0.05, 0.1) is 19.9 Å². The number of nitrogens with zero attached hydrogens (tertiary/aromatic N) is 3. The summed E-state index contributed by atoms with van der Waals surface area (Å²) in [5, 5.41) is 3.45. The molecule has 1 N–H and O–H groups in total. The molecular weight excluding hydrogens is 328 g/mol. The molecule has 0 spiro atoms. The van der Waals surface area contributed by atoms with Gasteiger partial charge in [0.2, 0.25) is 0 Å². The molecule has 0 bridgehead atoms. The Morgan fingerprint density at radius 1 is 1.08 bits per heavy atom. The van der Waals surface area contributed by atoms with Crippen LogP contribution >= 0.6 is 0 Å². The maximum absolute atomic E-state index is 5.41. The Morgan fingerprint density at radius 2 is 1.85 bits per heavy atom. The molecule has 0 aliphatic carbocycles. The summed E-state index contributed by atoms with van der Waals surface area (Å²) in [7, 11) is 5.44. The van der Waals surface area contributed by atoms with Gasteiger partial charge < -0.3 is 19.7 Å². The average Bonchev–Trinajstić information content (AvgIpc) is 2.90. The van der Waals surface area contributed by atoms with E-state index in [4.69, 9.17) is 14.5 Å². The molecule has 0 saturated heterocycles. The second kappa shape index (κ2) is 8.36. The average molecular weight is 356 g/mol. The van der Waals surface area contributed by atoms with E-state index >= 15 is 0 Å². The molecule has 3 rings (SSSR count). The zero-order valence-corrected chi connectivity index (χ0v) is 16.1. The van der Waals surface area contributed by atoms with Crippen molar-refractivity contribution in [3.8, 4) is 11.5 Å². The minimum absolute atomic E-state index is 0.758. The van der Waals surface area contributed by atoms with Crippen molar-refractivity contribution in [3.05, 3.63) is 40.8 Å². The molecule has 2 aromatic rings. The maximum atomic E-state index is 5.41. The molecule has 1 aliphatic heterocycles. The minimum Gasteiger partial charge on any atom is -0.493 e. The van der Waals surface area contributed by atoms with Gasteiger partial charge in [0.1, 0.15) is 11.6 Å². The highest BCUT2D eigenvalue weighted by atomic mass is 16.5. The lowest BCUT2D eigenvalue weighted by Gasteiger charge is -2.23. The number of rotatable bonds is 6. The summed E-state index contributed by atoms with van der Waals surface area (Å²) in [6, 6.07) is 6.09. The van der Waals surface area contributed by atoms with E-state index in [2.05, 4.69) is 28.3 Å². The largest absolute Gasteiger partial charge is 0.493 e. The van der Waals surface area contributed by atoms with Crippen molar-refractivity contribution >= 4 is 5.82 Å². The van der Waals surface area contributed by atoms with Crippen LogP contribution in [0.5, 0.6) is 11.5 Å². The first-order chi connectivity index (χ1) is 12.6. The quantitative estimate of drug-likeness (QED) is 0.856. The van der Waals surface area contributed by atoms with E-state index in [1.54, 1.807) is 14.2 Å². The fourth-order valence-corrected chi connectivity index (χ4v) is 3.40. The molecule has 0 unspecified atom stereocenters. The number of fused-ring (bicyclic) bond motifs is 1. The molecule has 0 saturated carbocycles. The highest BCUT2D eigenvalue weighted by Crippen LogP contribution is 2.28. The van der Waals surface area contributed by atoms with Crippen LogP contribution in [0.15, 0.2) is 18.2 Å². The molecule has 26 heavy (non-hydrogen) atoms. The van der Waals surface area contributed by atoms with Gasteiger partial charge in [0, 0.05) is 32.1 Å². The molecule has 140 valence electrons. The number of likely N-dealkylation sites (N-methyl/N-ethyl adjacent to an activating group) is 1. The summed E-state index contributed by atoms with van der Waals surface area (Å²) < 4.78 is 10.7. The Bertz CT molecular complexity index is 764. The molecule has 0 atom stereocenters. The standard InChI is InChI=1S/C20H28N4O2/c1-14-22-17-8-11-21-10-7-16(17)20(23-14)24(2)12-9-15-5-6-18(25-3)19(13-15)26-4/h5-6,13,21H,7-12H2,1-4H3. The smallest absolute Gasteiger partial charge is 0.160 e. The molecule has 1 aliphatic rings. The third-order valence-electron chi connectivity index (χ3n) is 4.82. The van der Waals surface area contributed by atoms with Gasteiger partial charge in [-0.15, -0.1) is 0 Å². The lowest BCUT2D eigenvalue weighted by molar-refractivity contribution is 0.354. The highest BCUT2D eigenvalue weighted by molar-refractivity contribution is 5.50. The van der Waals surface area contributed by atoms with E-state index in [0.29, 0.717) is 0 Å². The Labute approximate surface area is 155 Å². The van der Waals surface area contributed by atoms with Crippen LogP contribution in [-0.4, -0.2) is 50.9 Å². The number of aromatic nitrogens is 2. The normalized spacial score (nSPS) is 13.7. The SMILES string of the molecule is COc1ccc(CCN(C)c2nc(C)nc3c2CCNCC3)cc1OC. The van der Waals surface area contributed by atoms with Gasteiger partial charge in [0.25, 0.3) is 0 Å². The zero-order chi connectivity index (χ0) is 18.5. The number of aryl methyl sites for hydroxylation is 1. The van der Waals surface area contributed by atoms with Crippen molar-refractivity contribution in [3.63, 3.8) is 0 Å². The number of benzene rings is 1. The molecule has 6 nitrogen and oxygen atoms in total. The van der Waals surface area contributed by atoms with Gasteiger partial charge in [0.15, 0.2) is 11.5 Å². The zero-order valence-electron chi connectivity index (χ0n) is 16.1. The fraction of sp³-hybridized carbons (Fsp3) is 0.500. The van der Waals surface area contributed by atoms with Gasteiger partial charge in [-0.2, -0.15) is 0 Å². The molecule has 1 aromatic carbocycles. The van der Waals surface area contributed by atoms with Crippen LogP contribution in [0.25, 0.3) is 0 Å². The van der Waals surface area contributed by atoms with Crippen LogP contribution in [0, 0.1) is 6.92 Å². The maximum Gasteiger partial charge on any atom is 0.160 e. The molecule has 0 fully saturated rings. The van der Waals surface area contributed by atoms with Gasteiger partial charge in [-0.05, 0) is 44.0 Å². The first kappa shape index (κ1) is 18.5. The molecule has 2 heterocycles. The number of nitrogens with one attached hydrogen (secondary N) is 1. The Morgan fingerprint density at radius 3 is 2.62 bits per heavy atom. The summed E-state index contributed by atoms with van der Waals surface area (Å²) in [5.41, 5.74) is 3.69. The van der Waals surface area contributed by atoms with Gasteiger partial charge >= 0.3 is 0 Å². The molecule has 0 amide bonds. The van der Waals surface area contributed by atoms with Crippen LogP contribution < -0.4 is 19.7 Å². The number of anilines is 1. The van der Waals surface area contributed by atoms with Crippen molar-refractivity contribution in [1.82, 2.24) is 15.3 Å². The number of hydrogen-bond donors (Lipinski definition) is 1. The van der Waals surface area contributed by atoms with Crippen LogP contribution in [0.2, 0.25) is 0 Å². The lowest BCUT2D eigenvalue weighted by atomic mass is 10.1. The van der Waals surface area contributed by atoms with Crippen LogP contribution in [0.1, 0.15) is 22.6 Å². The number of hydrogen-bond acceptors (Lipinski definition) is 6. The van der Waals surface area contributed by atoms with Crippen molar-refractivity contribution in [2.75, 3.05) is 45.8 Å². The lowest BCUT2D eigenvalue weighted by Crippen LogP contribution is -2.24. The molecule has 6 heteroatoms. The predicted molar refractivity (Wildman–Crippen MR) is 104 cm³/mol. The summed E-state index contributed by atoms with van der Waals surface area (Å²) in [5.74, 6) is 3.44. The summed E-state index contributed by atoms with van der Waals surface area (Å²) in [6.07, 6.45) is 2.85. The third kappa shape index (κ3) is 4.07. The van der Waals surface area contributed by atoms with Gasteiger partial charge in [-0.25, -0.2) is 9.97 Å². The first-order valence-electron chi connectivity index (χ1n) is 9.11. The van der Waals surface area contributed by atoms with Crippen LogP contribution in [-0.2, 0) is 19.3 Å². The van der Waals surface area contributed by atoms with Crippen molar-refractivity contribution in [2.24, 2.45) is 0 Å². The predicted octanol–water partition coefficient (Wildman–Crippen LogP) is 2.17. The Hall–Kier alpha value is -2.34. The highest BCUT2D eigenvalue weighted by Gasteiger charge is 2.18. The van der Waals surface area contributed by atoms with E-state index in [1.807, 2.05) is 19.1 Å². The minimum atomic E-state index is 0.758. The second-order valence-electron chi connectivity index (χ2n) is 6.63. The third-order valence-corrected chi connectivity index (χ3v) is 4.82. The van der Waals surface area contributed by atoms with Crippen molar-refractivity contribution in [2.45, 2.75) is 26.2 Å². The van der Waals surface area contributed by atoms with Gasteiger partial charge in [-0.3, -0.25) is 0 Å². The summed E-state index contributed by atoms with van der Waals surface area (Å²) >= 11 is 0. The van der Waals surface area contributed by atoms with E-state index in [9.17, 15) is 0 Å². The first-order valence-corrected chi connectivity index (χ1v) is 9.11. The second-order valence-corrected chi connectivity index (χ2v) is 6.63. The molecule has 0 radical (unpaired) electrons. The molecule has 1 aromatic heterocycles. The van der Waals surface area contributed by atoms with Crippen molar-refractivity contribution in [1.29, 1.82) is 0 Å². The molecular formula is C20H28N4O2. The number of methoxy groups -OCH3 is 2. The summed E-state index contributed by atoms with van der Waals surface area (Å²) in [6.45, 7) is 4.82. The van der Waals surface area contributed by atoms with E-state index in [0.717, 1.165) is 62.0 Å². The van der Waals surface area contributed by atoms with E-state index in [1.165, 1.54) is 16.8 Å². The van der Waals surface area contributed by atoms with Crippen molar-refractivity contribution < 1.29 is 9.47 Å². The van der Waals surface area contributed by atoms with Crippen LogP contribution in [0.4, 0.5) is 5.82 Å². The van der Waals surface area contributed by atoms with E-state index < -0.39 is 0 Å². The number of ether oxygens (including phenoxy) is 2. The van der Waals surface area contributed by atoms with Gasteiger partial charge in [-0.1, -0.05) is 6.07 Å². The Kier molecular flexibility index (Phi) is 5.93. The summed E-state index contributed by atoms with van der Waals surface area (Å²) in [4.78, 5) is 11.7. The van der Waals surface area contributed by atoms with Crippen LogP contribution in [0.3, 0.4) is 0 Å². The van der Waals surface area contributed by atoms with E-state index in [-0.39, 0.29) is 0 Å². The topological polar surface area (TPSA) is 59.5 Å². The Balaban J connectivity index is 1.76. The fourth-order valence-electron chi connectivity index (χ4n) is 3.40. The monoisotopic (exact) mass is 356 g/mol.